The van der Waals surface area contributed by atoms with Crippen LogP contribution in [0.25, 0.3) is 10.8 Å². The Morgan fingerprint density at radius 3 is 2.96 bits per heavy atom. The Morgan fingerprint density at radius 1 is 1.27 bits per heavy atom. The fraction of sp³-hybridized carbons (Fsp3) is 0.316. The van der Waals surface area contributed by atoms with Crippen LogP contribution in [0.5, 0.6) is 0 Å². The van der Waals surface area contributed by atoms with Crippen molar-refractivity contribution in [3.8, 4) is 0 Å². The number of amides is 1. The molecular weight excluding hydrogens is 335 g/mol. The molecule has 4 rings (SSSR count). The van der Waals surface area contributed by atoms with E-state index in [2.05, 4.69) is 15.4 Å². The van der Waals surface area contributed by atoms with Gasteiger partial charge in [0.1, 0.15) is 5.82 Å². The van der Waals surface area contributed by atoms with Gasteiger partial charge in [0, 0.05) is 47.7 Å². The van der Waals surface area contributed by atoms with Crippen LogP contribution in [0.1, 0.15) is 23.2 Å². The highest BCUT2D eigenvalue weighted by Crippen LogP contribution is 2.28. The van der Waals surface area contributed by atoms with Gasteiger partial charge in [-0.25, -0.2) is 4.39 Å². The Hall–Kier alpha value is -2.80. The molecule has 1 aliphatic rings. The lowest BCUT2D eigenvalue weighted by Crippen LogP contribution is -2.40. The van der Waals surface area contributed by atoms with Crippen molar-refractivity contribution in [3.05, 3.63) is 60.4 Å². The zero-order valence-corrected chi connectivity index (χ0v) is 14.0. The molecular formula is C19H19FN4O2. The molecule has 26 heavy (non-hydrogen) atoms. The summed E-state index contributed by atoms with van der Waals surface area (Å²) in [6.07, 6.45) is 7.26. The van der Waals surface area contributed by atoms with Gasteiger partial charge in [0.05, 0.1) is 12.1 Å². The molecule has 0 spiro atoms. The predicted molar refractivity (Wildman–Crippen MR) is 93.9 cm³/mol. The fourth-order valence-corrected chi connectivity index (χ4v) is 3.69. The molecule has 6 nitrogen and oxygen atoms in total. The Bertz CT molecular complexity index is 928. The van der Waals surface area contributed by atoms with Crippen molar-refractivity contribution in [1.82, 2.24) is 20.1 Å². The van der Waals surface area contributed by atoms with Crippen LogP contribution in [0.3, 0.4) is 0 Å². The molecule has 2 heterocycles. The number of hydrogen-bond acceptors (Lipinski definition) is 4. The maximum absolute atomic E-state index is 13.9. The molecule has 7 heteroatoms. The molecule has 1 saturated carbocycles. The van der Waals surface area contributed by atoms with Crippen molar-refractivity contribution in [2.75, 3.05) is 0 Å². The minimum absolute atomic E-state index is 0.238. The number of aliphatic hydroxyl groups is 1. The molecule has 2 N–H and O–H groups in total. The van der Waals surface area contributed by atoms with Gasteiger partial charge in [0.2, 0.25) is 0 Å². The number of rotatable bonds is 4. The van der Waals surface area contributed by atoms with E-state index in [1.165, 1.54) is 24.5 Å². The van der Waals surface area contributed by atoms with Crippen LogP contribution < -0.4 is 5.32 Å². The van der Waals surface area contributed by atoms with Crippen LogP contribution >= 0.6 is 0 Å². The zero-order valence-electron chi connectivity index (χ0n) is 14.0. The predicted octanol–water partition coefficient (Wildman–Crippen LogP) is 2.14. The van der Waals surface area contributed by atoms with E-state index in [-0.39, 0.29) is 23.7 Å². The van der Waals surface area contributed by atoms with E-state index in [9.17, 15) is 14.3 Å². The number of hydrogen-bond donors (Lipinski definition) is 2. The largest absolute Gasteiger partial charge is 0.391 e. The average molecular weight is 354 g/mol. The van der Waals surface area contributed by atoms with E-state index in [1.807, 2.05) is 16.9 Å². The van der Waals surface area contributed by atoms with Gasteiger partial charge in [-0.3, -0.25) is 14.5 Å². The first-order chi connectivity index (χ1) is 12.6. The SMILES string of the molecule is O=C(N[C@@H]1CC(Cn2cccn2)C[C@H]1O)c1ccc(F)c2ccncc12. The monoisotopic (exact) mass is 354 g/mol. The molecule has 1 fully saturated rings. The minimum Gasteiger partial charge on any atom is -0.391 e. The number of benzene rings is 1. The molecule has 0 radical (unpaired) electrons. The summed E-state index contributed by atoms with van der Waals surface area (Å²) in [4.78, 5) is 16.7. The van der Waals surface area contributed by atoms with Crippen molar-refractivity contribution >= 4 is 16.7 Å². The van der Waals surface area contributed by atoms with Crippen LogP contribution in [0.15, 0.2) is 49.1 Å². The summed E-state index contributed by atoms with van der Waals surface area (Å²) in [6, 6.07) is 5.81. The summed E-state index contributed by atoms with van der Waals surface area (Å²) in [5, 5.41) is 18.2. The number of halogens is 1. The lowest BCUT2D eigenvalue weighted by atomic mass is 10.0. The van der Waals surface area contributed by atoms with Gasteiger partial charge in [0.15, 0.2) is 0 Å². The van der Waals surface area contributed by atoms with E-state index in [0.29, 0.717) is 35.7 Å². The highest BCUT2D eigenvalue weighted by molar-refractivity contribution is 6.07. The number of carbonyl (C=O) groups is 1. The number of aliphatic hydroxyl groups excluding tert-OH is 1. The molecule has 1 unspecified atom stereocenters. The molecule has 1 aliphatic carbocycles. The summed E-state index contributed by atoms with van der Waals surface area (Å²) >= 11 is 0. The standard InChI is InChI=1S/C19H19FN4O2/c20-16-3-2-14(15-10-21-6-4-13(15)16)19(26)23-17-8-12(9-18(17)25)11-24-7-1-5-22-24/h1-7,10,12,17-18,25H,8-9,11H2,(H,23,26)/t12?,17-,18-/m1/s1. The molecule has 1 aromatic carbocycles. The molecule has 0 aliphatic heterocycles. The molecule has 0 bridgehead atoms. The Balaban J connectivity index is 1.49. The topological polar surface area (TPSA) is 80.0 Å². The highest BCUT2D eigenvalue weighted by Gasteiger charge is 2.34. The van der Waals surface area contributed by atoms with E-state index in [1.54, 1.807) is 12.3 Å². The Labute approximate surface area is 149 Å². The Morgan fingerprint density at radius 2 is 2.15 bits per heavy atom. The first-order valence-corrected chi connectivity index (χ1v) is 8.60. The number of nitrogens with zero attached hydrogens (tertiary/aromatic N) is 3. The quantitative estimate of drug-likeness (QED) is 0.752. The Kier molecular flexibility index (Phi) is 4.38. The van der Waals surface area contributed by atoms with Crippen molar-refractivity contribution in [2.45, 2.75) is 31.5 Å². The molecule has 1 amide bonds. The third-order valence-corrected chi connectivity index (χ3v) is 4.96. The summed E-state index contributed by atoms with van der Waals surface area (Å²) in [6.45, 7) is 0.708. The molecule has 2 aromatic heterocycles. The zero-order chi connectivity index (χ0) is 18.1. The highest BCUT2D eigenvalue weighted by atomic mass is 19.1. The lowest BCUT2D eigenvalue weighted by Gasteiger charge is -2.17. The minimum atomic E-state index is -0.607. The second-order valence-corrected chi connectivity index (χ2v) is 6.73. The second kappa shape index (κ2) is 6.84. The summed E-state index contributed by atoms with van der Waals surface area (Å²) in [5.74, 6) is -0.479. The van der Waals surface area contributed by atoms with Crippen molar-refractivity contribution in [1.29, 1.82) is 0 Å². The van der Waals surface area contributed by atoms with Crippen LogP contribution in [0, 0.1) is 11.7 Å². The van der Waals surface area contributed by atoms with Crippen LogP contribution in [-0.2, 0) is 6.54 Å². The van der Waals surface area contributed by atoms with Crippen molar-refractivity contribution < 1.29 is 14.3 Å². The fourth-order valence-electron chi connectivity index (χ4n) is 3.69. The second-order valence-electron chi connectivity index (χ2n) is 6.73. The van der Waals surface area contributed by atoms with Crippen molar-refractivity contribution in [3.63, 3.8) is 0 Å². The maximum atomic E-state index is 13.9. The van der Waals surface area contributed by atoms with Crippen molar-refractivity contribution in [2.24, 2.45) is 5.92 Å². The van der Waals surface area contributed by atoms with Crippen LogP contribution in [-0.4, -0.2) is 37.9 Å². The van der Waals surface area contributed by atoms with Crippen LogP contribution in [0.4, 0.5) is 4.39 Å². The summed E-state index contributed by atoms with van der Waals surface area (Å²) < 4.78 is 15.8. The summed E-state index contributed by atoms with van der Waals surface area (Å²) in [7, 11) is 0. The van der Waals surface area contributed by atoms with Gasteiger partial charge in [0.25, 0.3) is 5.91 Å². The first kappa shape index (κ1) is 16.7. The van der Waals surface area contributed by atoms with Gasteiger partial charge in [-0.05, 0) is 43.0 Å². The molecule has 134 valence electrons. The number of aromatic nitrogens is 3. The van der Waals surface area contributed by atoms with Gasteiger partial charge < -0.3 is 10.4 Å². The number of nitrogens with one attached hydrogen (secondary N) is 1. The van der Waals surface area contributed by atoms with Crippen LogP contribution in [0.2, 0.25) is 0 Å². The first-order valence-electron chi connectivity index (χ1n) is 8.60. The molecule has 0 saturated heterocycles. The van der Waals surface area contributed by atoms with E-state index in [4.69, 9.17) is 0 Å². The third kappa shape index (κ3) is 3.17. The van der Waals surface area contributed by atoms with E-state index < -0.39 is 6.10 Å². The normalized spacial score (nSPS) is 22.6. The molecule has 3 atom stereocenters. The number of fused-ring (bicyclic) bond motifs is 1. The van der Waals surface area contributed by atoms with Gasteiger partial charge in [-0.15, -0.1) is 0 Å². The number of pyridine rings is 1. The molecule has 3 aromatic rings. The average Bonchev–Trinajstić information content (AvgIpc) is 3.26. The van der Waals surface area contributed by atoms with Gasteiger partial charge >= 0.3 is 0 Å². The lowest BCUT2D eigenvalue weighted by molar-refractivity contribution is 0.0874. The van der Waals surface area contributed by atoms with Gasteiger partial charge in [-0.1, -0.05) is 0 Å². The smallest absolute Gasteiger partial charge is 0.252 e. The van der Waals surface area contributed by atoms with E-state index in [0.717, 1.165) is 0 Å². The maximum Gasteiger partial charge on any atom is 0.252 e. The van der Waals surface area contributed by atoms with E-state index >= 15 is 0 Å². The van der Waals surface area contributed by atoms with Gasteiger partial charge in [-0.2, -0.15) is 5.10 Å². The number of carbonyl (C=O) groups excluding carboxylic acids is 1. The third-order valence-electron chi connectivity index (χ3n) is 4.96. The summed E-state index contributed by atoms with van der Waals surface area (Å²) in [5.41, 5.74) is 0.359.